The average Bonchev–Trinajstić information content (AvgIpc) is 2.88. The molecule has 0 N–H and O–H groups in total. The van der Waals surface area contributed by atoms with Gasteiger partial charge in [-0.3, -0.25) is 4.79 Å². The van der Waals surface area contributed by atoms with Gasteiger partial charge in [-0.2, -0.15) is 5.26 Å². The third-order valence-electron chi connectivity index (χ3n) is 2.30. The Kier molecular flexibility index (Phi) is 1.90. The number of hydrogen-bond acceptors (Lipinski definition) is 2. The van der Waals surface area contributed by atoms with Gasteiger partial charge in [0, 0.05) is 12.1 Å². The van der Waals surface area contributed by atoms with Crippen LogP contribution in [-0.2, 0) is 11.3 Å². The van der Waals surface area contributed by atoms with E-state index < -0.39 is 0 Å². The van der Waals surface area contributed by atoms with E-state index in [0.29, 0.717) is 12.2 Å². The standard InChI is InChI=1S/C10H10N2O/c11-6-9-2-1-5-12(9)7-10(13)8-3-4-8/h1-2,5,8H,3-4,7H2. The number of nitrogens with zero attached hydrogens (tertiary/aromatic N) is 2. The molecule has 0 aromatic carbocycles. The smallest absolute Gasteiger partial charge is 0.155 e. The first-order valence-corrected chi connectivity index (χ1v) is 4.39. The van der Waals surface area contributed by atoms with Crippen LogP contribution in [0.2, 0.25) is 0 Å². The van der Waals surface area contributed by atoms with Crippen molar-refractivity contribution in [3.63, 3.8) is 0 Å². The van der Waals surface area contributed by atoms with E-state index >= 15 is 0 Å². The van der Waals surface area contributed by atoms with Crippen LogP contribution in [0, 0.1) is 17.2 Å². The molecule has 1 aromatic heterocycles. The molecule has 0 amide bonds. The molecule has 0 radical (unpaired) electrons. The van der Waals surface area contributed by atoms with E-state index in [0.717, 1.165) is 12.8 Å². The van der Waals surface area contributed by atoms with E-state index in [1.54, 1.807) is 22.9 Å². The van der Waals surface area contributed by atoms with E-state index in [4.69, 9.17) is 5.26 Å². The van der Waals surface area contributed by atoms with E-state index in [2.05, 4.69) is 6.07 Å². The molecule has 1 saturated carbocycles. The van der Waals surface area contributed by atoms with Crippen LogP contribution < -0.4 is 0 Å². The molecule has 0 spiro atoms. The predicted molar refractivity (Wildman–Crippen MR) is 46.9 cm³/mol. The Hall–Kier alpha value is -1.56. The Bertz CT molecular complexity index is 369. The summed E-state index contributed by atoms with van der Waals surface area (Å²) < 4.78 is 1.71. The van der Waals surface area contributed by atoms with Gasteiger partial charge in [0.1, 0.15) is 11.8 Å². The SMILES string of the molecule is N#Cc1cccn1CC(=O)C1CC1. The van der Waals surface area contributed by atoms with Gasteiger partial charge < -0.3 is 4.57 Å². The molecule has 1 aromatic rings. The Morgan fingerprint density at radius 3 is 3.08 bits per heavy atom. The summed E-state index contributed by atoms with van der Waals surface area (Å²) in [7, 11) is 0. The van der Waals surface area contributed by atoms with E-state index in [-0.39, 0.29) is 11.7 Å². The maximum absolute atomic E-state index is 11.4. The second-order valence-electron chi connectivity index (χ2n) is 3.37. The minimum absolute atomic E-state index is 0.257. The monoisotopic (exact) mass is 174 g/mol. The highest BCUT2D eigenvalue weighted by atomic mass is 16.1. The lowest BCUT2D eigenvalue weighted by molar-refractivity contribution is -0.120. The minimum atomic E-state index is 0.257. The zero-order valence-corrected chi connectivity index (χ0v) is 7.23. The molecular formula is C10H10N2O. The van der Waals surface area contributed by atoms with Crippen LogP contribution in [0.3, 0.4) is 0 Å². The molecule has 0 atom stereocenters. The summed E-state index contributed by atoms with van der Waals surface area (Å²) >= 11 is 0. The zero-order valence-electron chi connectivity index (χ0n) is 7.23. The summed E-state index contributed by atoms with van der Waals surface area (Å²) in [5.41, 5.74) is 0.564. The van der Waals surface area contributed by atoms with Gasteiger partial charge >= 0.3 is 0 Å². The van der Waals surface area contributed by atoms with Crippen molar-refractivity contribution < 1.29 is 4.79 Å². The van der Waals surface area contributed by atoms with Crippen LogP contribution in [0.25, 0.3) is 0 Å². The highest BCUT2D eigenvalue weighted by Gasteiger charge is 2.29. The highest BCUT2D eigenvalue weighted by molar-refractivity contribution is 5.83. The molecule has 13 heavy (non-hydrogen) atoms. The van der Waals surface area contributed by atoms with E-state index in [9.17, 15) is 4.79 Å². The lowest BCUT2D eigenvalue weighted by Gasteiger charge is -2.01. The molecule has 0 bridgehead atoms. The van der Waals surface area contributed by atoms with Gasteiger partial charge in [0.2, 0.25) is 0 Å². The molecule has 1 aliphatic rings. The first-order chi connectivity index (χ1) is 6.31. The van der Waals surface area contributed by atoms with Gasteiger partial charge in [-0.25, -0.2) is 0 Å². The van der Waals surface area contributed by atoms with Crippen molar-refractivity contribution in [1.29, 1.82) is 5.26 Å². The molecule has 2 rings (SSSR count). The topological polar surface area (TPSA) is 45.8 Å². The van der Waals surface area contributed by atoms with Crippen LogP contribution in [0.15, 0.2) is 18.3 Å². The summed E-state index contributed by atoms with van der Waals surface area (Å²) in [4.78, 5) is 11.4. The maximum atomic E-state index is 11.4. The molecule has 1 aliphatic carbocycles. The number of carbonyl (C=O) groups is 1. The fourth-order valence-corrected chi connectivity index (χ4v) is 1.36. The number of hydrogen-bond donors (Lipinski definition) is 0. The zero-order chi connectivity index (χ0) is 9.26. The first-order valence-electron chi connectivity index (χ1n) is 4.39. The Labute approximate surface area is 76.6 Å². The summed E-state index contributed by atoms with van der Waals surface area (Å²) in [6.07, 6.45) is 3.84. The van der Waals surface area contributed by atoms with Gasteiger partial charge in [-0.05, 0) is 25.0 Å². The number of nitriles is 1. The quantitative estimate of drug-likeness (QED) is 0.694. The fourth-order valence-electron chi connectivity index (χ4n) is 1.36. The van der Waals surface area contributed by atoms with Gasteiger partial charge in [0.15, 0.2) is 5.78 Å². The van der Waals surface area contributed by atoms with Crippen LogP contribution in [0.5, 0.6) is 0 Å². The third-order valence-corrected chi connectivity index (χ3v) is 2.30. The second-order valence-corrected chi connectivity index (χ2v) is 3.37. The van der Waals surface area contributed by atoms with Crippen LogP contribution >= 0.6 is 0 Å². The molecule has 1 fully saturated rings. The van der Waals surface area contributed by atoms with Gasteiger partial charge in [0.05, 0.1) is 6.54 Å². The van der Waals surface area contributed by atoms with Crippen molar-refractivity contribution in [1.82, 2.24) is 4.57 Å². The van der Waals surface area contributed by atoms with Crippen molar-refractivity contribution in [3.05, 3.63) is 24.0 Å². The van der Waals surface area contributed by atoms with Crippen LogP contribution in [0.1, 0.15) is 18.5 Å². The van der Waals surface area contributed by atoms with Gasteiger partial charge in [0.25, 0.3) is 0 Å². The number of aromatic nitrogens is 1. The first kappa shape index (κ1) is 8.06. The maximum Gasteiger partial charge on any atom is 0.155 e. The van der Waals surface area contributed by atoms with Gasteiger partial charge in [-0.15, -0.1) is 0 Å². The minimum Gasteiger partial charge on any atom is -0.332 e. The van der Waals surface area contributed by atoms with Gasteiger partial charge in [-0.1, -0.05) is 0 Å². The van der Waals surface area contributed by atoms with Crippen LogP contribution in [-0.4, -0.2) is 10.4 Å². The average molecular weight is 174 g/mol. The summed E-state index contributed by atoms with van der Waals surface area (Å²) in [5, 5.41) is 8.69. The lowest BCUT2D eigenvalue weighted by atomic mass is 10.2. The summed E-state index contributed by atoms with van der Waals surface area (Å²) in [6.45, 7) is 0.362. The van der Waals surface area contributed by atoms with E-state index in [1.165, 1.54) is 0 Å². The third kappa shape index (κ3) is 1.62. The molecule has 1 heterocycles. The summed E-state index contributed by atoms with van der Waals surface area (Å²) in [6, 6.07) is 5.56. The molecule has 0 aliphatic heterocycles. The van der Waals surface area contributed by atoms with Crippen molar-refractivity contribution >= 4 is 5.78 Å². The Balaban J connectivity index is 2.08. The molecule has 0 saturated heterocycles. The lowest BCUT2D eigenvalue weighted by Crippen LogP contribution is -2.11. The second kappa shape index (κ2) is 3.06. The fraction of sp³-hybridized carbons (Fsp3) is 0.400. The Morgan fingerprint density at radius 1 is 1.69 bits per heavy atom. The number of Topliss-reactive ketones (excluding diaryl/α,β-unsaturated/α-hetero) is 1. The molecule has 3 heteroatoms. The van der Waals surface area contributed by atoms with Crippen LogP contribution in [0.4, 0.5) is 0 Å². The predicted octanol–water partition coefficient (Wildman–Crippen LogP) is 1.34. The molecule has 3 nitrogen and oxygen atoms in total. The highest BCUT2D eigenvalue weighted by Crippen LogP contribution is 2.30. The van der Waals surface area contributed by atoms with Crippen molar-refractivity contribution in [2.75, 3.05) is 0 Å². The van der Waals surface area contributed by atoms with Crippen molar-refractivity contribution in [2.24, 2.45) is 5.92 Å². The number of ketones is 1. The number of rotatable bonds is 3. The van der Waals surface area contributed by atoms with Crippen molar-refractivity contribution in [2.45, 2.75) is 19.4 Å². The van der Waals surface area contributed by atoms with Crippen molar-refractivity contribution in [3.8, 4) is 6.07 Å². The molecule has 0 unspecified atom stereocenters. The summed E-state index contributed by atoms with van der Waals surface area (Å²) in [5.74, 6) is 0.529. The molecule has 66 valence electrons. The van der Waals surface area contributed by atoms with E-state index in [1.807, 2.05) is 0 Å². The molecular weight excluding hydrogens is 164 g/mol. The largest absolute Gasteiger partial charge is 0.332 e. The normalized spacial score (nSPS) is 15.3. The Morgan fingerprint density at radius 2 is 2.46 bits per heavy atom. The number of carbonyl (C=O) groups excluding carboxylic acids is 1.